The van der Waals surface area contributed by atoms with Crippen molar-refractivity contribution in [2.24, 2.45) is 0 Å². The number of ether oxygens (including phenoxy) is 1. The van der Waals surface area contributed by atoms with Crippen molar-refractivity contribution in [2.75, 3.05) is 12.4 Å². The number of nitrogens with one attached hydrogen (secondary N) is 1. The summed E-state index contributed by atoms with van der Waals surface area (Å²) in [4.78, 5) is 48.9. The standard InChI is InChI=1S/C20H22N2O6S/c1-11(13-6-4-3-5-7-13)8-15(24)21-16-18(25)22-17(20(26)27)14(9-28-12(2)23)10-29-19(16)22/h3-7,11,16,19H,8-10H2,1-2H3,(H,21,24)(H,26,27)/t11-,16-,19+/m0/s1. The van der Waals surface area contributed by atoms with Gasteiger partial charge in [0.05, 0.1) is 0 Å². The van der Waals surface area contributed by atoms with Gasteiger partial charge in [0, 0.05) is 24.7 Å². The molecular formula is C20H22N2O6S. The second-order valence-electron chi connectivity index (χ2n) is 7.01. The fourth-order valence-corrected chi connectivity index (χ4v) is 4.72. The van der Waals surface area contributed by atoms with E-state index in [0.717, 1.165) is 5.56 Å². The maximum atomic E-state index is 12.6. The minimum atomic E-state index is -1.26. The highest BCUT2D eigenvalue weighted by atomic mass is 32.2. The van der Waals surface area contributed by atoms with Crippen LogP contribution in [0.2, 0.25) is 0 Å². The highest BCUT2D eigenvalue weighted by Crippen LogP contribution is 2.40. The number of hydrogen-bond acceptors (Lipinski definition) is 6. The third-order valence-electron chi connectivity index (χ3n) is 4.88. The van der Waals surface area contributed by atoms with Gasteiger partial charge in [-0.3, -0.25) is 19.3 Å². The number of amides is 2. The molecule has 154 valence electrons. The van der Waals surface area contributed by atoms with Gasteiger partial charge in [-0.05, 0) is 11.5 Å². The first-order valence-corrected chi connectivity index (χ1v) is 10.2. The first kappa shape index (κ1) is 20.9. The first-order chi connectivity index (χ1) is 13.8. The van der Waals surface area contributed by atoms with Gasteiger partial charge in [0.1, 0.15) is 23.7 Å². The van der Waals surface area contributed by atoms with Crippen LogP contribution in [-0.2, 0) is 23.9 Å². The molecule has 3 rings (SSSR count). The van der Waals surface area contributed by atoms with Gasteiger partial charge < -0.3 is 15.2 Å². The Morgan fingerprint density at radius 3 is 2.62 bits per heavy atom. The van der Waals surface area contributed by atoms with Gasteiger partial charge in [0.25, 0.3) is 5.91 Å². The van der Waals surface area contributed by atoms with Crippen LogP contribution in [0.5, 0.6) is 0 Å². The molecule has 8 nitrogen and oxygen atoms in total. The predicted molar refractivity (Wildman–Crippen MR) is 106 cm³/mol. The van der Waals surface area contributed by atoms with Crippen molar-refractivity contribution in [3.8, 4) is 0 Å². The van der Waals surface area contributed by atoms with Gasteiger partial charge in [0.15, 0.2) is 0 Å². The number of carboxylic acid groups (broad SMARTS) is 1. The van der Waals surface area contributed by atoms with Crippen molar-refractivity contribution in [1.82, 2.24) is 10.2 Å². The van der Waals surface area contributed by atoms with E-state index < -0.39 is 29.3 Å². The van der Waals surface area contributed by atoms with Crippen molar-refractivity contribution >= 4 is 35.5 Å². The zero-order valence-electron chi connectivity index (χ0n) is 16.1. The van der Waals surface area contributed by atoms with Crippen LogP contribution in [0.1, 0.15) is 31.7 Å². The Bertz CT molecular complexity index is 869. The number of hydrogen-bond donors (Lipinski definition) is 2. The average molecular weight is 418 g/mol. The average Bonchev–Trinajstić information content (AvgIpc) is 2.70. The van der Waals surface area contributed by atoms with Gasteiger partial charge in [0.2, 0.25) is 5.91 Å². The summed E-state index contributed by atoms with van der Waals surface area (Å²) in [5.41, 5.74) is 1.23. The Morgan fingerprint density at radius 1 is 1.31 bits per heavy atom. The third-order valence-corrected chi connectivity index (χ3v) is 6.22. The van der Waals surface area contributed by atoms with E-state index in [4.69, 9.17) is 4.74 Å². The molecule has 0 radical (unpaired) electrons. The largest absolute Gasteiger partial charge is 0.477 e. The Labute approximate surface area is 172 Å². The lowest BCUT2D eigenvalue weighted by molar-refractivity contribution is -0.151. The third kappa shape index (κ3) is 4.45. The number of β-lactam (4-membered cyclic amide) rings is 1. The number of esters is 1. The highest BCUT2D eigenvalue weighted by Gasteiger charge is 2.54. The minimum Gasteiger partial charge on any atom is -0.477 e. The van der Waals surface area contributed by atoms with Gasteiger partial charge in [-0.15, -0.1) is 11.8 Å². The number of nitrogens with zero attached hydrogens (tertiary/aromatic N) is 1. The monoisotopic (exact) mass is 418 g/mol. The van der Waals surface area contributed by atoms with Crippen molar-refractivity contribution in [2.45, 2.75) is 37.6 Å². The van der Waals surface area contributed by atoms with E-state index in [1.54, 1.807) is 0 Å². The SMILES string of the molecule is CC(=O)OCC1=C(C(=O)O)N2C(=O)[C@H](NC(=O)C[C@H](C)c3ccccc3)[C@H]2SC1. The molecule has 0 bridgehead atoms. The van der Waals surface area contributed by atoms with E-state index in [-0.39, 0.29) is 30.5 Å². The van der Waals surface area contributed by atoms with Crippen molar-refractivity contribution in [1.29, 1.82) is 0 Å². The number of rotatable bonds is 7. The molecule has 3 atom stereocenters. The maximum Gasteiger partial charge on any atom is 0.352 e. The lowest BCUT2D eigenvalue weighted by Crippen LogP contribution is -2.70. The summed E-state index contributed by atoms with van der Waals surface area (Å²) in [5.74, 6) is -2.22. The predicted octanol–water partition coefficient (Wildman–Crippen LogP) is 1.48. The Morgan fingerprint density at radius 2 is 2.00 bits per heavy atom. The molecule has 2 N–H and O–H groups in total. The molecule has 1 aromatic rings. The van der Waals surface area contributed by atoms with Crippen LogP contribution < -0.4 is 5.32 Å². The minimum absolute atomic E-state index is 0.00806. The molecule has 2 aliphatic rings. The molecule has 0 aliphatic carbocycles. The number of carbonyl (C=O) groups excluding carboxylic acids is 3. The lowest BCUT2D eigenvalue weighted by atomic mass is 9.96. The van der Waals surface area contributed by atoms with Gasteiger partial charge in [-0.25, -0.2) is 4.79 Å². The van der Waals surface area contributed by atoms with E-state index >= 15 is 0 Å². The summed E-state index contributed by atoms with van der Waals surface area (Å²) in [6, 6.07) is 8.84. The van der Waals surface area contributed by atoms with Crippen molar-refractivity contribution in [3.05, 3.63) is 47.2 Å². The smallest absolute Gasteiger partial charge is 0.352 e. The number of benzene rings is 1. The number of aliphatic carboxylic acids is 1. The quantitative estimate of drug-likeness (QED) is 0.509. The van der Waals surface area contributed by atoms with E-state index in [1.807, 2.05) is 37.3 Å². The number of thioether (sulfide) groups is 1. The van der Waals surface area contributed by atoms with E-state index in [9.17, 15) is 24.3 Å². The first-order valence-electron chi connectivity index (χ1n) is 9.17. The van der Waals surface area contributed by atoms with Crippen LogP contribution in [0.3, 0.4) is 0 Å². The summed E-state index contributed by atoms with van der Waals surface area (Å²) in [6.07, 6.45) is 0.227. The molecule has 0 saturated carbocycles. The van der Waals surface area contributed by atoms with Crippen LogP contribution >= 0.6 is 11.8 Å². The molecule has 29 heavy (non-hydrogen) atoms. The number of fused-ring (bicyclic) bond motifs is 1. The normalized spacial score (nSPS) is 21.7. The number of carbonyl (C=O) groups is 4. The molecular weight excluding hydrogens is 396 g/mol. The van der Waals surface area contributed by atoms with Crippen LogP contribution in [0.25, 0.3) is 0 Å². The topological polar surface area (TPSA) is 113 Å². The summed E-state index contributed by atoms with van der Waals surface area (Å²) in [5, 5.41) is 11.8. The summed E-state index contributed by atoms with van der Waals surface area (Å²) in [6.45, 7) is 2.99. The fourth-order valence-electron chi connectivity index (χ4n) is 3.39. The molecule has 0 aromatic heterocycles. The fraction of sp³-hybridized carbons (Fsp3) is 0.400. The van der Waals surface area contributed by atoms with Crippen molar-refractivity contribution in [3.63, 3.8) is 0 Å². The highest BCUT2D eigenvalue weighted by molar-refractivity contribution is 8.00. The van der Waals surface area contributed by atoms with Gasteiger partial charge >= 0.3 is 11.9 Å². The van der Waals surface area contributed by atoms with E-state index in [1.165, 1.54) is 23.6 Å². The Balaban J connectivity index is 1.65. The second-order valence-corrected chi connectivity index (χ2v) is 8.11. The molecule has 9 heteroatoms. The Kier molecular flexibility index (Phi) is 6.26. The zero-order chi connectivity index (χ0) is 21.1. The molecule has 2 heterocycles. The van der Waals surface area contributed by atoms with Gasteiger partial charge in [-0.2, -0.15) is 0 Å². The zero-order valence-corrected chi connectivity index (χ0v) is 16.9. The summed E-state index contributed by atoms with van der Waals surface area (Å²) < 4.78 is 4.90. The Hall–Kier alpha value is -2.81. The molecule has 0 spiro atoms. The van der Waals surface area contributed by atoms with E-state index in [2.05, 4.69) is 5.32 Å². The van der Waals surface area contributed by atoms with Crippen LogP contribution in [0.4, 0.5) is 0 Å². The van der Waals surface area contributed by atoms with E-state index in [0.29, 0.717) is 11.3 Å². The van der Waals surface area contributed by atoms with Crippen LogP contribution in [0, 0.1) is 0 Å². The molecule has 1 saturated heterocycles. The number of carboxylic acids is 1. The molecule has 1 fully saturated rings. The summed E-state index contributed by atoms with van der Waals surface area (Å²) >= 11 is 1.34. The molecule has 2 aliphatic heterocycles. The molecule has 1 aromatic carbocycles. The van der Waals surface area contributed by atoms with Crippen LogP contribution in [-0.4, -0.2) is 57.5 Å². The van der Waals surface area contributed by atoms with Crippen molar-refractivity contribution < 1.29 is 29.0 Å². The molecule has 2 amide bonds. The molecule has 0 unspecified atom stereocenters. The van der Waals surface area contributed by atoms with Crippen LogP contribution in [0.15, 0.2) is 41.6 Å². The summed E-state index contributed by atoms with van der Waals surface area (Å²) in [7, 11) is 0. The lowest BCUT2D eigenvalue weighted by Gasteiger charge is -2.49. The second kappa shape index (κ2) is 8.69. The van der Waals surface area contributed by atoms with Gasteiger partial charge in [-0.1, -0.05) is 37.3 Å². The maximum absolute atomic E-state index is 12.6.